The molecule has 0 bridgehead atoms. The van der Waals surface area contributed by atoms with Crippen LogP contribution < -0.4 is 10.3 Å². The third kappa shape index (κ3) is 3.40. The van der Waals surface area contributed by atoms with Crippen molar-refractivity contribution in [3.8, 4) is 5.69 Å². The molecule has 0 N–H and O–H groups in total. The second-order valence-corrected chi connectivity index (χ2v) is 7.33. The van der Waals surface area contributed by atoms with E-state index in [0.29, 0.717) is 31.9 Å². The number of anilines is 1. The summed E-state index contributed by atoms with van der Waals surface area (Å²) in [5.41, 5.74) is -0.00290. The number of amides is 1. The predicted molar refractivity (Wildman–Crippen MR) is 105 cm³/mol. The molecule has 2 aromatic heterocycles. The van der Waals surface area contributed by atoms with Gasteiger partial charge in [-0.2, -0.15) is 5.10 Å². The molecule has 1 aliphatic heterocycles. The van der Waals surface area contributed by atoms with Gasteiger partial charge in [0.2, 0.25) is 5.43 Å². The number of hydrogen-bond donors (Lipinski definition) is 0. The molecule has 7 nitrogen and oxygen atoms in total. The largest absolute Gasteiger partial charge is 0.345 e. The van der Waals surface area contributed by atoms with Crippen LogP contribution in [0.3, 0.4) is 0 Å². The number of para-hydroxylation sites is 1. The highest BCUT2D eigenvalue weighted by molar-refractivity contribution is 7.13. The van der Waals surface area contributed by atoms with E-state index in [1.54, 1.807) is 47.6 Å². The van der Waals surface area contributed by atoms with Crippen molar-refractivity contribution in [2.24, 2.45) is 0 Å². The summed E-state index contributed by atoms with van der Waals surface area (Å²) in [5.74, 6) is -0.911. The van der Waals surface area contributed by atoms with Crippen LogP contribution >= 0.6 is 11.3 Å². The molecule has 1 saturated heterocycles. The Kier molecular flexibility index (Phi) is 4.91. The van der Waals surface area contributed by atoms with Crippen molar-refractivity contribution >= 4 is 22.4 Å². The van der Waals surface area contributed by atoms with Gasteiger partial charge in [0.25, 0.3) is 5.91 Å². The van der Waals surface area contributed by atoms with Crippen LogP contribution in [0, 0.1) is 12.7 Å². The summed E-state index contributed by atoms with van der Waals surface area (Å²) >= 11 is 1.55. The van der Waals surface area contributed by atoms with Crippen LogP contribution in [0.15, 0.2) is 46.7 Å². The molecule has 3 aromatic rings. The van der Waals surface area contributed by atoms with Gasteiger partial charge in [-0.3, -0.25) is 9.59 Å². The maximum absolute atomic E-state index is 14.2. The number of carbonyl (C=O) groups is 1. The number of aryl methyl sites for hydroxylation is 1. The van der Waals surface area contributed by atoms with Crippen LogP contribution in [0.4, 0.5) is 9.52 Å². The van der Waals surface area contributed by atoms with Crippen molar-refractivity contribution in [2.75, 3.05) is 31.1 Å². The second-order valence-electron chi connectivity index (χ2n) is 6.46. The van der Waals surface area contributed by atoms with Crippen molar-refractivity contribution in [2.45, 2.75) is 6.92 Å². The van der Waals surface area contributed by atoms with Gasteiger partial charge in [-0.05, 0) is 19.1 Å². The van der Waals surface area contributed by atoms with Crippen LogP contribution in [-0.2, 0) is 0 Å². The summed E-state index contributed by atoms with van der Waals surface area (Å²) < 4.78 is 15.5. The molecule has 0 radical (unpaired) electrons. The van der Waals surface area contributed by atoms with Gasteiger partial charge in [0.05, 0.1) is 0 Å². The molecule has 1 aliphatic rings. The Balaban J connectivity index is 1.59. The highest BCUT2D eigenvalue weighted by Gasteiger charge is 2.26. The summed E-state index contributed by atoms with van der Waals surface area (Å²) in [6, 6.07) is 7.44. The predicted octanol–water partition coefficient (Wildman–Crippen LogP) is 2.10. The first-order valence-electron chi connectivity index (χ1n) is 8.84. The minimum atomic E-state index is -0.475. The molecule has 0 spiro atoms. The lowest BCUT2D eigenvalue weighted by molar-refractivity contribution is 0.0737. The fraction of sp³-hybridized carbons (Fsp3) is 0.263. The number of nitrogens with zero attached hydrogens (tertiary/aromatic N) is 5. The van der Waals surface area contributed by atoms with E-state index in [-0.39, 0.29) is 11.4 Å². The van der Waals surface area contributed by atoms with Crippen molar-refractivity contribution in [3.63, 3.8) is 0 Å². The standard InChI is InChI=1S/C19H18FN5O2S/c1-13-12-16(26)17(22-25(13)15-5-3-2-4-14(15)20)18(27)23-7-9-24(10-8-23)19-21-6-11-28-19/h2-6,11-12H,7-10H2,1H3. The molecule has 4 rings (SSSR count). The summed E-state index contributed by atoms with van der Waals surface area (Å²) in [6.07, 6.45) is 1.75. The smallest absolute Gasteiger partial charge is 0.278 e. The van der Waals surface area contributed by atoms with Gasteiger partial charge in [-0.25, -0.2) is 14.1 Å². The zero-order chi connectivity index (χ0) is 19.7. The van der Waals surface area contributed by atoms with E-state index in [4.69, 9.17) is 0 Å². The Labute approximate surface area is 164 Å². The summed E-state index contributed by atoms with van der Waals surface area (Å²) in [4.78, 5) is 33.3. The van der Waals surface area contributed by atoms with Gasteiger partial charge in [0.15, 0.2) is 10.8 Å². The molecule has 3 heterocycles. The first kappa shape index (κ1) is 18.3. The number of halogens is 1. The first-order valence-corrected chi connectivity index (χ1v) is 9.72. The first-order chi connectivity index (χ1) is 13.5. The fourth-order valence-electron chi connectivity index (χ4n) is 3.19. The average molecular weight is 399 g/mol. The Hall–Kier alpha value is -3.07. The molecule has 0 atom stereocenters. The molecule has 1 amide bonds. The molecule has 0 aliphatic carbocycles. The lowest BCUT2D eigenvalue weighted by Gasteiger charge is -2.34. The van der Waals surface area contributed by atoms with Crippen molar-refractivity contribution in [1.29, 1.82) is 0 Å². The Bertz CT molecular complexity index is 1060. The zero-order valence-corrected chi connectivity index (χ0v) is 16.0. The Morgan fingerprint density at radius 3 is 2.61 bits per heavy atom. The van der Waals surface area contributed by atoms with E-state index in [1.807, 2.05) is 5.38 Å². The number of piperazine rings is 1. The van der Waals surface area contributed by atoms with E-state index < -0.39 is 17.2 Å². The molecule has 28 heavy (non-hydrogen) atoms. The maximum Gasteiger partial charge on any atom is 0.278 e. The van der Waals surface area contributed by atoms with E-state index in [9.17, 15) is 14.0 Å². The molecule has 1 aromatic carbocycles. The van der Waals surface area contributed by atoms with Gasteiger partial charge >= 0.3 is 0 Å². The lowest BCUT2D eigenvalue weighted by atomic mass is 10.2. The van der Waals surface area contributed by atoms with Crippen LogP contribution in [0.25, 0.3) is 5.69 Å². The number of hydrogen-bond acceptors (Lipinski definition) is 6. The number of thiazole rings is 1. The topological polar surface area (TPSA) is 71.3 Å². The minimum Gasteiger partial charge on any atom is -0.345 e. The van der Waals surface area contributed by atoms with Gasteiger partial charge < -0.3 is 9.80 Å². The summed E-state index contributed by atoms with van der Waals surface area (Å²) in [7, 11) is 0. The number of carbonyl (C=O) groups excluding carboxylic acids is 1. The third-order valence-corrected chi connectivity index (χ3v) is 5.48. The van der Waals surface area contributed by atoms with E-state index in [2.05, 4.69) is 15.0 Å². The molecule has 0 unspecified atom stereocenters. The van der Waals surface area contributed by atoms with Gasteiger partial charge in [0.1, 0.15) is 11.5 Å². The Morgan fingerprint density at radius 1 is 1.18 bits per heavy atom. The van der Waals surface area contributed by atoms with Crippen molar-refractivity contribution < 1.29 is 9.18 Å². The van der Waals surface area contributed by atoms with Crippen molar-refractivity contribution in [1.82, 2.24) is 19.7 Å². The van der Waals surface area contributed by atoms with Crippen LogP contribution in [0.5, 0.6) is 0 Å². The van der Waals surface area contributed by atoms with Gasteiger partial charge in [-0.15, -0.1) is 11.3 Å². The zero-order valence-electron chi connectivity index (χ0n) is 15.2. The fourth-order valence-corrected chi connectivity index (χ4v) is 3.88. The lowest BCUT2D eigenvalue weighted by Crippen LogP contribution is -2.50. The SMILES string of the molecule is Cc1cc(=O)c(C(=O)N2CCN(c3nccs3)CC2)nn1-c1ccccc1F. The maximum atomic E-state index is 14.2. The Morgan fingerprint density at radius 2 is 1.93 bits per heavy atom. The van der Waals surface area contributed by atoms with Gasteiger partial charge in [-0.1, -0.05) is 12.1 Å². The van der Waals surface area contributed by atoms with Crippen LogP contribution in [0.2, 0.25) is 0 Å². The summed E-state index contributed by atoms with van der Waals surface area (Å²) in [6.45, 7) is 3.85. The molecule has 144 valence electrons. The molecule has 1 fully saturated rings. The molecule has 0 saturated carbocycles. The van der Waals surface area contributed by atoms with E-state index in [1.165, 1.54) is 16.8 Å². The normalized spacial score (nSPS) is 14.4. The monoisotopic (exact) mass is 399 g/mol. The summed E-state index contributed by atoms with van der Waals surface area (Å²) in [5, 5.41) is 7.03. The number of rotatable bonds is 3. The van der Waals surface area contributed by atoms with E-state index in [0.717, 1.165) is 5.13 Å². The van der Waals surface area contributed by atoms with E-state index >= 15 is 0 Å². The average Bonchev–Trinajstić information content (AvgIpc) is 3.23. The highest BCUT2D eigenvalue weighted by atomic mass is 32.1. The molecular weight excluding hydrogens is 381 g/mol. The number of aromatic nitrogens is 3. The second kappa shape index (κ2) is 7.51. The molecular formula is C19H18FN5O2S. The third-order valence-electron chi connectivity index (χ3n) is 4.65. The van der Waals surface area contributed by atoms with Crippen LogP contribution in [-0.4, -0.2) is 51.8 Å². The number of benzene rings is 1. The minimum absolute atomic E-state index is 0.197. The van der Waals surface area contributed by atoms with Gasteiger partial charge in [0, 0.05) is 49.5 Å². The quantitative estimate of drug-likeness (QED) is 0.675. The highest BCUT2D eigenvalue weighted by Crippen LogP contribution is 2.19. The molecule has 9 heteroatoms. The van der Waals surface area contributed by atoms with Crippen LogP contribution in [0.1, 0.15) is 16.2 Å². The van der Waals surface area contributed by atoms with Crippen molar-refractivity contribution in [3.05, 3.63) is 69.3 Å².